The normalized spacial score (nSPS) is 15.4. The third-order valence-electron chi connectivity index (χ3n) is 4.71. The van der Waals surface area contributed by atoms with Crippen molar-refractivity contribution in [2.24, 2.45) is 4.99 Å². The van der Waals surface area contributed by atoms with E-state index in [0.29, 0.717) is 25.1 Å². The van der Waals surface area contributed by atoms with Crippen LogP contribution in [0.5, 0.6) is 0 Å². The first kappa shape index (κ1) is 17.5. The summed E-state index contributed by atoms with van der Waals surface area (Å²) in [5.74, 6) is 0.348. The first-order chi connectivity index (χ1) is 12.0. The molecule has 2 atom stereocenters. The van der Waals surface area contributed by atoms with Crippen molar-refractivity contribution in [3.05, 3.63) is 64.5 Å². The van der Waals surface area contributed by atoms with Crippen molar-refractivity contribution in [3.63, 3.8) is 0 Å². The molecule has 0 unspecified atom stereocenters. The van der Waals surface area contributed by atoms with Gasteiger partial charge in [0.2, 0.25) is 0 Å². The van der Waals surface area contributed by atoms with E-state index in [1.54, 1.807) is 6.92 Å². The molecule has 0 aliphatic carbocycles. The average Bonchev–Trinajstić information content (AvgIpc) is 2.95. The number of ketones is 1. The van der Waals surface area contributed by atoms with Crippen molar-refractivity contribution >= 4 is 11.5 Å². The van der Waals surface area contributed by atoms with E-state index in [-0.39, 0.29) is 11.7 Å². The molecular weight excluding hydrogens is 312 g/mol. The summed E-state index contributed by atoms with van der Waals surface area (Å²) in [4.78, 5) is 21.5. The Hall–Kier alpha value is -2.33. The summed E-state index contributed by atoms with van der Waals surface area (Å²) in [7, 11) is 0. The number of carbonyl (C=O) groups excluding carboxylic acids is 1. The van der Waals surface area contributed by atoms with Gasteiger partial charge >= 0.3 is 0 Å². The minimum atomic E-state index is -0.671. The van der Waals surface area contributed by atoms with E-state index in [4.69, 9.17) is 0 Å². The molecule has 0 amide bonds. The van der Waals surface area contributed by atoms with E-state index >= 15 is 0 Å². The molecule has 130 valence electrons. The van der Waals surface area contributed by atoms with E-state index in [0.717, 1.165) is 22.5 Å². The molecule has 0 fully saturated rings. The number of benzene rings is 1. The Morgan fingerprint density at radius 2 is 1.96 bits per heavy atom. The first-order valence-corrected chi connectivity index (χ1v) is 8.74. The predicted molar refractivity (Wildman–Crippen MR) is 99.0 cm³/mol. The Morgan fingerprint density at radius 3 is 2.64 bits per heavy atom. The van der Waals surface area contributed by atoms with Gasteiger partial charge in [-0.25, -0.2) is 0 Å². The number of hydrogen-bond acceptors (Lipinski definition) is 4. The van der Waals surface area contributed by atoms with Crippen LogP contribution in [-0.2, 0) is 17.8 Å². The second-order valence-corrected chi connectivity index (χ2v) is 6.84. The molecule has 4 nitrogen and oxygen atoms in total. The molecule has 0 saturated carbocycles. The van der Waals surface area contributed by atoms with Crippen LogP contribution in [0.1, 0.15) is 67.3 Å². The van der Waals surface area contributed by atoms with Crippen molar-refractivity contribution in [2.75, 3.05) is 0 Å². The van der Waals surface area contributed by atoms with Crippen LogP contribution in [0.3, 0.4) is 0 Å². The number of aliphatic hydroxyl groups excluding tert-OH is 1. The van der Waals surface area contributed by atoms with Crippen LogP contribution in [0.15, 0.2) is 41.4 Å². The number of Topliss-reactive ketones (excluding diaryl/α,β-unsaturated/α-hetero) is 1. The Balaban J connectivity index is 1.75. The molecular formula is C21H24N2O2. The van der Waals surface area contributed by atoms with Crippen molar-refractivity contribution in [1.29, 1.82) is 0 Å². The van der Waals surface area contributed by atoms with Crippen LogP contribution in [-0.4, -0.2) is 21.6 Å². The molecule has 25 heavy (non-hydrogen) atoms. The van der Waals surface area contributed by atoms with Crippen LogP contribution in [0, 0.1) is 0 Å². The highest BCUT2D eigenvalue weighted by atomic mass is 16.3. The van der Waals surface area contributed by atoms with Gasteiger partial charge in [0.15, 0.2) is 0 Å². The summed E-state index contributed by atoms with van der Waals surface area (Å²) < 4.78 is 0. The summed E-state index contributed by atoms with van der Waals surface area (Å²) in [6, 6.07) is 12.0. The van der Waals surface area contributed by atoms with Gasteiger partial charge in [0.05, 0.1) is 18.3 Å². The van der Waals surface area contributed by atoms with Crippen molar-refractivity contribution in [3.8, 4) is 0 Å². The quantitative estimate of drug-likeness (QED) is 0.873. The number of aromatic nitrogens is 1. The second kappa shape index (κ2) is 7.28. The Morgan fingerprint density at radius 1 is 1.24 bits per heavy atom. The smallest absolute Gasteiger partial charge is 0.139 e. The lowest BCUT2D eigenvalue weighted by atomic mass is 9.93. The zero-order chi connectivity index (χ0) is 18.0. The molecule has 1 N–H and O–H groups in total. The minimum Gasteiger partial charge on any atom is -0.387 e. The second-order valence-electron chi connectivity index (χ2n) is 6.84. The van der Waals surface area contributed by atoms with Crippen LogP contribution < -0.4 is 0 Å². The number of aliphatic imine (C=N–C) groups is 1. The van der Waals surface area contributed by atoms with Crippen LogP contribution >= 0.6 is 0 Å². The van der Waals surface area contributed by atoms with Gasteiger partial charge in [-0.05, 0) is 37.0 Å². The van der Waals surface area contributed by atoms with Gasteiger partial charge in [0.1, 0.15) is 5.78 Å². The summed E-state index contributed by atoms with van der Waals surface area (Å²) in [6.07, 6.45) is 0.112. The van der Waals surface area contributed by atoms with Gasteiger partial charge < -0.3 is 5.11 Å². The molecule has 0 spiro atoms. The van der Waals surface area contributed by atoms with Crippen molar-refractivity contribution in [1.82, 2.24) is 4.98 Å². The molecule has 1 aliphatic rings. The maximum absolute atomic E-state index is 12.5. The Kier molecular flexibility index (Phi) is 5.09. The molecule has 0 bridgehead atoms. The number of fused-ring (bicyclic) bond motifs is 1. The highest BCUT2D eigenvalue weighted by Gasteiger charge is 2.22. The van der Waals surface area contributed by atoms with E-state index in [1.807, 2.05) is 31.2 Å². The van der Waals surface area contributed by atoms with Crippen molar-refractivity contribution in [2.45, 2.75) is 52.2 Å². The Labute approximate surface area is 148 Å². The zero-order valence-corrected chi connectivity index (χ0v) is 15.0. The number of rotatable bonds is 6. The van der Waals surface area contributed by atoms with E-state index < -0.39 is 6.10 Å². The van der Waals surface area contributed by atoms with Gasteiger partial charge in [0, 0.05) is 29.8 Å². The lowest BCUT2D eigenvalue weighted by molar-refractivity contribution is -0.118. The number of hydrogen-bond donors (Lipinski definition) is 1. The van der Waals surface area contributed by atoms with Gasteiger partial charge in [-0.3, -0.25) is 14.8 Å². The van der Waals surface area contributed by atoms with Crippen LogP contribution in [0.25, 0.3) is 0 Å². The summed E-state index contributed by atoms with van der Waals surface area (Å²) in [5, 5.41) is 10.1. The molecule has 0 radical (unpaired) electrons. The fraction of sp³-hybridized carbons (Fsp3) is 0.381. The molecule has 2 heterocycles. The third-order valence-corrected chi connectivity index (χ3v) is 4.71. The number of aliphatic hydroxyl groups is 1. The number of carbonyl (C=O) groups is 1. The van der Waals surface area contributed by atoms with Gasteiger partial charge in [-0.2, -0.15) is 0 Å². The highest BCUT2D eigenvalue weighted by molar-refractivity contribution is 6.03. The minimum absolute atomic E-state index is 0.163. The average molecular weight is 336 g/mol. The number of pyridine rings is 1. The fourth-order valence-corrected chi connectivity index (χ4v) is 3.41. The monoisotopic (exact) mass is 336 g/mol. The summed E-state index contributed by atoms with van der Waals surface area (Å²) in [6.45, 7) is 6.32. The van der Waals surface area contributed by atoms with E-state index in [2.05, 4.69) is 29.0 Å². The summed E-state index contributed by atoms with van der Waals surface area (Å²) >= 11 is 0. The van der Waals surface area contributed by atoms with Gasteiger partial charge in [-0.15, -0.1) is 0 Å². The van der Waals surface area contributed by atoms with E-state index in [9.17, 15) is 9.90 Å². The van der Waals surface area contributed by atoms with Gasteiger partial charge in [-0.1, -0.05) is 37.3 Å². The zero-order valence-electron chi connectivity index (χ0n) is 15.0. The largest absolute Gasteiger partial charge is 0.387 e. The number of nitrogens with zero attached hydrogens (tertiary/aromatic N) is 2. The maximum atomic E-state index is 12.5. The molecule has 1 aromatic carbocycles. The van der Waals surface area contributed by atoms with Crippen molar-refractivity contribution < 1.29 is 9.90 Å². The molecule has 1 aliphatic heterocycles. The first-order valence-electron chi connectivity index (χ1n) is 8.74. The third kappa shape index (κ3) is 3.85. The Bertz CT molecular complexity index is 810. The van der Waals surface area contributed by atoms with Gasteiger partial charge in [0.25, 0.3) is 0 Å². The SMILES string of the molecule is CC1=NCc2cc(CC(=O)C[C@H](C)c3ccccc3)nc([C@@H](C)O)c21. The molecule has 2 aromatic rings. The lowest BCUT2D eigenvalue weighted by Gasteiger charge is -2.14. The fourth-order valence-electron chi connectivity index (χ4n) is 3.41. The predicted octanol–water partition coefficient (Wildman–Crippen LogP) is 3.76. The van der Waals surface area contributed by atoms with Crippen LogP contribution in [0.2, 0.25) is 0 Å². The van der Waals surface area contributed by atoms with Crippen LogP contribution in [0.4, 0.5) is 0 Å². The topological polar surface area (TPSA) is 62.5 Å². The molecule has 0 saturated heterocycles. The standard InChI is InChI=1S/C21H24N2O2/c1-13(16-7-5-4-6-8-16)9-19(25)11-18-10-17-12-22-14(2)20(17)21(23-18)15(3)24/h4-8,10,13,15,24H,9,11-12H2,1-3H3/t13-,15+/m0/s1. The lowest BCUT2D eigenvalue weighted by Crippen LogP contribution is -2.13. The highest BCUT2D eigenvalue weighted by Crippen LogP contribution is 2.27. The van der Waals surface area contributed by atoms with E-state index in [1.165, 1.54) is 5.56 Å². The molecule has 1 aromatic heterocycles. The molecule has 3 rings (SSSR count). The maximum Gasteiger partial charge on any atom is 0.139 e. The molecule has 4 heteroatoms. The summed E-state index contributed by atoms with van der Waals surface area (Å²) in [5.41, 5.74) is 5.45.